The summed E-state index contributed by atoms with van der Waals surface area (Å²) in [6.07, 6.45) is 4.02. The number of carbonyl (C=O) groups excluding carboxylic acids is 1. The van der Waals surface area contributed by atoms with Crippen molar-refractivity contribution in [2.24, 2.45) is 5.92 Å². The van der Waals surface area contributed by atoms with Crippen molar-refractivity contribution in [2.75, 3.05) is 0 Å². The molecule has 1 fully saturated rings. The van der Waals surface area contributed by atoms with Crippen LogP contribution in [0.5, 0.6) is 0 Å². The summed E-state index contributed by atoms with van der Waals surface area (Å²) >= 11 is 0. The second kappa shape index (κ2) is 7.30. The Morgan fingerprint density at radius 2 is 1.85 bits per heavy atom. The normalized spacial score (nSPS) is 24.8. The van der Waals surface area contributed by atoms with Gasteiger partial charge < -0.3 is 15.4 Å². The van der Waals surface area contributed by atoms with E-state index in [9.17, 15) is 4.79 Å². The van der Waals surface area contributed by atoms with Crippen LogP contribution in [0.15, 0.2) is 0 Å². The largest absolute Gasteiger partial charge is 0.444 e. The van der Waals surface area contributed by atoms with Gasteiger partial charge in [-0.2, -0.15) is 0 Å². The Morgan fingerprint density at radius 3 is 2.35 bits per heavy atom. The van der Waals surface area contributed by atoms with Crippen LogP contribution in [0.4, 0.5) is 4.79 Å². The molecule has 3 atom stereocenters. The Bertz CT molecular complexity index is 310. The van der Waals surface area contributed by atoms with Crippen LogP contribution in [0.1, 0.15) is 67.2 Å². The second-order valence-electron chi connectivity index (χ2n) is 7.28. The number of alkyl carbamates (subject to hydrolysis) is 1. The van der Waals surface area contributed by atoms with Gasteiger partial charge in [-0.15, -0.1) is 0 Å². The summed E-state index contributed by atoms with van der Waals surface area (Å²) in [5.74, 6) is 0.651. The lowest BCUT2D eigenvalue weighted by atomic mass is 10.0. The van der Waals surface area contributed by atoms with E-state index in [1.54, 1.807) is 0 Å². The Morgan fingerprint density at radius 1 is 1.25 bits per heavy atom. The molecule has 20 heavy (non-hydrogen) atoms. The summed E-state index contributed by atoms with van der Waals surface area (Å²) in [4.78, 5) is 11.8. The van der Waals surface area contributed by atoms with Gasteiger partial charge in [-0.25, -0.2) is 4.79 Å². The van der Waals surface area contributed by atoms with Crippen molar-refractivity contribution in [3.05, 3.63) is 0 Å². The van der Waals surface area contributed by atoms with Gasteiger partial charge in [-0.3, -0.25) is 0 Å². The minimum absolute atomic E-state index is 0.243. The Kier molecular flexibility index (Phi) is 6.31. The van der Waals surface area contributed by atoms with Crippen molar-refractivity contribution in [3.8, 4) is 0 Å². The van der Waals surface area contributed by atoms with Gasteiger partial charge in [-0.1, -0.05) is 20.8 Å². The molecular formula is C16H32N2O2. The predicted molar refractivity (Wildman–Crippen MR) is 82.8 cm³/mol. The second-order valence-corrected chi connectivity index (χ2v) is 7.28. The van der Waals surface area contributed by atoms with Gasteiger partial charge in [0, 0.05) is 18.1 Å². The Labute approximate surface area is 124 Å². The molecule has 0 aromatic carbocycles. The van der Waals surface area contributed by atoms with Crippen LogP contribution in [0.2, 0.25) is 0 Å². The summed E-state index contributed by atoms with van der Waals surface area (Å²) in [7, 11) is 0. The van der Waals surface area contributed by atoms with Crippen molar-refractivity contribution in [3.63, 3.8) is 0 Å². The maximum absolute atomic E-state index is 11.8. The molecule has 0 aromatic heterocycles. The van der Waals surface area contributed by atoms with Crippen molar-refractivity contribution in [2.45, 2.75) is 91.0 Å². The van der Waals surface area contributed by atoms with E-state index in [2.05, 4.69) is 31.4 Å². The molecule has 3 unspecified atom stereocenters. The molecule has 0 heterocycles. The molecular weight excluding hydrogens is 252 g/mol. The topological polar surface area (TPSA) is 50.4 Å². The minimum Gasteiger partial charge on any atom is -0.444 e. The molecule has 0 aliphatic heterocycles. The van der Waals surface area contributed by atoms with Gasteiger partial charge in [0.05, 0.1) is 0 Å². The van der Waals surface area contributed by atoms with E-state index in [4.69, 9.17) is 4.74 Å². The van der Waals surface area contributed by atoms with Crippen LogP contribution in [0.3, 0.4) is 0 Å². The first-order chi connectivity index (χ1) is 9.21. The molecule has 1 aliphatic rings. The first kappa shape index (κ1) is 17.3. The van der Waals surface area contributed by atoms with Crippen molar-refractivity contribution in [1.82, 2.24) is 10.6 Å². The smallest absolute Gasteiger partial charge is 0.407 e. The van der Waals surface area contributed by atoms with Gasteiger partial charge in [0.15, 0.2) is 0 Å². The zero-order valence-corrected chi connectivity index (χ0v) is 14.0. The van der Waals surface area contributed by atoms with Crippen molar-refractivity contribution < 1.29 is 9.53 Å². The van der Waals surface area contributed by atoms with E-state index >= 15 is 0 Å². The highest BCUT2D eigenvalue weighted by molar-refractivity contribution is 5.68. The average Bonchev–Trinajstić information content (AvgIpc) is 2.70. The molecule has 4 nitrogen and oxygen atoms in total. The van der Waals surface area contributed by atoms with E-state index in [-0.39, 0.29) is 12.1 Å². The number of hydrogen-bond donors (Lipinski definition) is 2. The highest BCUT2D eigenvalue weighted by atomic mass is 16.6. The molecule has 118 valence electrons. The molecule has 1 amide bonds. The SMILES string of the molecule is CCC(NC1CCC(NC(=O)OC(C)(C)C)C1)C(C)C. The number of rotatable bonds is 5. The Balaban J connectivity index is 2.34. The Hall–Kier alpha value is -0.770. The number of hydrogen-bond acceptors (Lipinski definition) is 3. The van der Waals surface area contributed by atoms with Crippen LogP contribution in [0.25, 0.3) is 0 Å². The molecule has 0 saturated heterocycles. The van der Waals surface area contributed by atoms with Gasteiger partial charge in [0.2, 0.25) is 0 Å². The van der Waals surface area contributed by atoms with E-state index in [1.165, 1.54) is 0 Å². The molecule has 1 rings (SSSR count). The lowest BCUT2D eigenvalue weighted by Crippen LogP contribution is -2.42. The van der Waals surface area contributed by atoms with Crippen LogP contribution < -0.4 is 10.6 Å². The number of carbonyl (C=O) groups is 1. The van der Waals surface area contributed by atoms with Gasteiger partial charge >= 0.3 is 6.09 Å². The quantitative estimate of drug-likeness (QED) is 0.813. The number of amides is 1. The molecule has 0 aromatic rings. The maximum Gasteiger partial charge on any atom is 0.407 e. The van der Waals surface area contributed by atoms with Gasteiger partial charge in [-0.05, 0) is 52.4 Å². The number of nitrogens with one attached hydrogen (secondary N) is 2. The zero-order chi connectivity index (χ0) is 15.3. The van der Waals surface area contributed by atoms with Crippen LogP contribution in [-0.2, 0) is 4.74 Å². The van der Waals surface area contributed by atoms with Gasteiger partial charge in [0.1, 0.15) is 5.60 Å². The van der Waals surface area contributed by atoms with Crippen LogP contribution in [-0.4, -0.2) is 29.8 Å². The van der Waals surface area contributed by atoms with E-state index in [0.717, 1.165) is 25.7 Å². The average molecular weight is 284 g/mol. The zero-order valence-electron chi connectivity index (χ0n) is 14.0. The highest BCUT2D eigenvalue weighted by Gasteiger charge is 2.29. The monoisotopic (exact) mass is 284 g/mol. The fourth-order valence-corrected chi connectivity index (χ4v) is 2.82. The summed E-state index contributed by atoms with van der Waals surface area (Å²) in [5.41, 5.74) is -0.425. The van der Waals surface area contributed by atoms with E-state index in [0.29, 0.717) is 18.0 Å². The third kappa shape index (κ3) is 6.12. The molecule has 0 radical (unpaired) electrons. The van der Waals surface area contributed by atoms with E-state index in [1.807, 2.05) is 20.8 Å². The van der Waals surface area contributed by atoms with Crippen LogP contribution >= 0.6 is 0 Å². The third-order valence-electron chi connectivity index (χ3n) is 3.85. The molecule has 0 bridgehead atoms. The standard InChI is InChI=1S/C16H32N2O2/c1-7-14(11(2)3)17-12-8-9-13(10-12)18-15(19)20-16(4,5)6/h11-14,17H,7-10H2,1-6H3,(H,18,19). The minimum atomic E-state index is -0.425. The van der Waals surface area contributed by atoms with Crippen molar-refractivity contribution in [1.29, 1.82) is 0 Å². The highest BCUT2D eigenvalue weighted by Crippen LogP contribution is 2.22. The first-order valence-corrected chi connectivity index (χ1v) is 7.96. The molecule has 2 N–H and O–H groups in total. The summed E-state index contributed by atoms with van der Waals surface area (Å²) < 4.78 is 5.30. The summed E-state index contributed by atoms with van der Waals surface area (Å²) in [5, 5.41) is 6.71. The predicted octanol–water partition coefficient (Wildman–Crippen LogP) is 3.46. The molecule has 0 spiro atoms. The van der Waals surface area contributed by atoms with Crippen LogP contribution in [0, 0.1) is 5.92 Å². The molecule has 1 saturated carbocycles. The van der Waals surface area contributed by atoms with E-state index < -0.39 is 5.60 Å². The fraction of sp³-hybridized carbons (Fsp3) is 0.938. The lowest BCUT2D eigenvalue weighted by molar-refractivity contribution is 0.0505. The summed E-state index contributed by atoms with van der Waals surface area (Å²) in [6, 6.07) is 1.33. The maximum atomic E-state index is 11.8. The first-order valence-electron chi connectivity index (χ1n) is 7.96. The lowest BCUT2D eigenvalue weighted by Gasteiger charge is -2.25. The molecule has 1 aliphatic carbocycles. The van der Waals surface area contributed by atoms with Gasteiger partial charge in [0.25, 0.3) is 0 Å². The fourth-order valence-electron chi connectivity index (χ4n) is 2.82. The number of ether oxygens (including phenoxy) is 1. The molecule has 4 heteroatoms. The van der Waals surface area contributed by atoms with Crippen molar-refractivity contribution >= 4 is 6.09 Å². The third-order valence-corrected chi connectivity index (χ3v) is 3.85. The summed E-state index contributed by atoms with van der Waals surface area (Å²) in [6.45, 7) is 12.4.